The molecule has 1 aromatic carbocycles. The lowest BCUT2D eigenvalue weighted by molar-refractivity contribution is -0.137. The number of rotatable bonds is 0. The van der Waals surface area contributed by atoms with Gasteiger partial charge in [0.2, 0.25) is 0 Å². The number of aromatic nitrogens is 1. The van der Waals surface area contributed by atoms with Crippen molar-refractivity contribution in [3.8, 4) is 5.75 Å². The average Bonchev–Trinajstić information content (AvgIpc) is 2.16. The summed E-state index contributed by atoms with van der Waals surface area (Å²) in [5, 5.41) is 8.75. The maximum atomic E-state index is 12.5. The molecule has 0 saturated carbocycles. The zero-order chi connectivity index (χ0) is 11.9. The Balaban J connectivity index is 2.74. The van der Waals surface area contributed by atoms with Gasteiger partial charge < -0.3 is 5.11 Å². The summed E-state index contributed by atoms with van der Waals surface area (Å²) >= 11 is 5.43. The Kier molecular flexibility index (Phi) is 2.42. The zero-order valence-corrected chi connectivity index (χ0v) is 8.47. The molecule has 0 spiro atoms. The van der Waals surface area contributed by atoms with Crippen LogP contribution < -0.4 is 0 Å². The van der Waals surface area contributed by atoms with E-state index in [-0.39, 0.29) is 11.1 Å². The predicted octanol–water partition coefficient (Wildman–Crippen LogP) is 3.61. The fourth-order valence-electron chi connectivity index (χ4n) is 1.34. The number of pyridine rings is 1. The van der Waals surface area contributed by atoms with Gasteiger partial charge in [0.15, 0.2) is 0 Å². The third-order valence-corrected chi connectivity index (χ3v) is 2.35. The molecule has 0 aliphatic carbocycles. The molecule has 0 atom stereocenters. The van der Waals surface area contributed by atoms with E-state index in [2.05, 4.69) is 4.98 Å². The van der Waals surface area contributed by atoms with Crippen molar-refractivity contribution in [3.05, 3.63) is 35.0 Å². The van der Waals surface area contributed by atoms with E-state index in [4.69, 9.17) is 16.7 Å². The number of hydrogen-bond acceptors (Lipinski definition) is 2. The normalized spacial score (nSPS) is 12.0. The fraction of sp³-hybridized carbons (Fsp3) is 0.100. The first-order valence-electron chi connectivity index (χ1n) is 4.24. The molecule has 0 saturated heterocycles. The molecule has 0 aliphatic rings. The van der Waals surface area contributed by atoms with Crippen molar-refractivity contribution >= 4 is 22.5 Å². The summed E-state index contributed by atoms with van der Waals surface area (Å²) in [4.78, 5) is 3.62. The summed E-state index contributed by atoms with van der Waals surface area (Å²) in [6, 6.07) is 4.80. The quantitative estimate of drug-likeness (QED) is 0.722. The number of fused-ring (bicyclic) bond motifs is 1. The van der Waals surface area contributed by atoms with Gasteiger partial charge in [-0.25, -0.2) is 4.98 Å². The first-order chi connectivity index (χ1) is 7.38. The van der Waals surface area contributed by atoms with Crippen LogP contribution in [0.3, 0.4) is 0 Å². The van der Waals surface area contributed by atoms with E-state index in [0.29, 0.717) is 5.52 Å². The molecule has 0 amide bonds. The molecule has 0 radical (unpaired) electrons. The van der Waals surface area contributed by atoms with E-state index in [1.165, 1.54) is 18.2 Å². The van der Waals surface area contributed by atoms with Crippen molar-refractivity contribution in [2.45, 2.75) is 6.18 Å². The molecule has 84 valence electrons. The molecule has 0 fully saturated rings. The molecule has 1 aromatic heterocycles. The minimum Gasteiger partial charge on any atom is -0.508 e. The summed E-state index contributed by atoms with van der Waals surface area (Å²) < 4.78 is 37.5. The van der Waals surface area contributed by atoms with E-state index < -0.39 is 16.9 Å². The Hall–Kier alpha value is -1.49. The number of aromatic hydroxyl groups is 1. The maximum Gasteiger partial charge on any atom is 0.419 e. The Labute approximate surface area is 93.3 Å². The van der Waals surface area contributed by atoms with Gasteiger partial charge in [-0.3, -0.25) is 0 Å². The first-order valence-corrected chi connectivity index (χ1v) is 4.62. The standard InChI is InChI=1S/C10H5ClF3NO/c11-9-7(10(12,13)14)4-5-3-6(16)1-2-8(5)15-9/h1-4,16H. The minimum atomic E-state index is -4.55. The van der Waals surface area contributed by atoms with Crippen LogP contribution in [0.2, 0.25) is 5.15 Å². The molecule has 2 aromatic rings. The van der Waals surface area contributed by atoms with Crippen molar-refractivity contribution in [1.82, 2.24) is 4.98 Å². The second-order valence-electron chi connectivity index (χ2n) is 3.20. The summed E-state index contributed by atoms with van der Waals surface area (Å²) in [6.07, 6.45) is -4.55. The van der Waals surface area contributed by atoms with E-state index in [9.17, 15) is 13.2 Å². The molecule has 16 heavy (non-hydrogen) atoms. The van der Waals surface area contributed by atoms with Crippen molar-refractivity contribution in [2.75, 3.05) is 0 Å². The first kappa shape index (κ1) is 11.0. The summed E-state index contributed by atoms with van der Waals surface area (Å²) in [5.74, 6) is -0.121. The van der Waals surface area contributed by atoms with Crippen LogP contribution in [0.25, 0.3) is 10.9 Å². The molecule has 1 heterocycles. The molecule has 2 rings (SSSR count). The molecule has 2 nitrogen and oxygen atoms in total. The monoisotopic (exact) mass is 247 g/mol. The number of alkyl halides is 3. The van der Waals surface area contributed by atoms with Crippen molar-refractivity contribution in [1.29, 1.82) is 0 Å². The molecule has 0 bridgehead atoms. The van der Waals surface area contributed by atoms with E-state index in [0.717, 1.165) is 6.07 Å². The van der Waals surface area contributed by atoms with Crippen LogP contribution in [-0.4, -0.2) is 10.1 Å². The van der Waals surface area contributed by atoms with Crippen LogP contribution >= 0.6 is 11.6 Å². The molecular weight excluding hydrogens is 243 g/mol. The number of hydrogen-bond donors (Lipinski definition) is 1. The summed E-state index contributed by atoms with van der Waals surface area (Å²) in [7, 11) is 0. The van der Waals surface area contributed by atoms with Crippen LogP contribution in [0.15, 0.2) is 24.3 Å². The van der Waals surface area contributed by atoms with Crippen LogP contribution in [-0.2, 0) is 6.18 Å². The van der Waals surface area contributed by atoms with Gasteiger partial charge in [0.1, 0.15) is 10.9 Å². The van der Waals surface area contributed by atoms with Crippen molar-refractivity contribution in [2.24, 2.45) is 0 Å². The third-order valence-electron chi connectivity index (χ3n) is 2.06. The van der Waals surface area contributed by atoms with E-state index in [1.807, 2.05) is 0 Å². The summed E-state index contributed by atoms with van der Waals surface area (Å²) in [5.41, 5.74) is -0.705. The van der Waals surface area contributed by atoms with Gasteiger partial charge in [-0.2, -0.15) is 13.2 Å². The lowest BCUT2D eigenvalue weighted by atomic mass is 10.1. The lowest BCUT2D eigenvalue weighted by Crippen LogP contribution is -2.06. The largest absolute Gasteiger partial charge is 0.508 e. The van der Waals surface area contributed by atoms with Crippen LogP contribution in [0.5, 0.6) is 5.75 Å². The second-order valence-corrected chi connectivity index (χ2v) is 3.56. The fourth-order valence-corrected chi connectivity index (χ4v) is 1.59. The Morgan fingerprint density at radius 3 is 2.50 bits per heavy atom. The van der Waals surface area contributed by atoms with Gasteiger partial charge in [-0.05, 0) is 24.3 Å². The SMILES string of the molecule is Oc1ccc2nc(Cl)c(C(F)(F)F)cc2c1. The summed E-state index contributed by atoms with van der Waals surface area (Å²) in [6.45, 7) is 0. The lowest BCUT2D eigenvalue weighted by Gasteiger charge is -2.09. The van der Waals surface area contributed by atoms with E-state index in [1.54, 1.807) is 0 Å². The van der Waals surface area contributed by atoms with E-state index >= 15 is 0 Å². The van der Waals surface area contributed by atoms with Crippen LogP contribution in [0.1, 0.15) is 5.56 Å². The second kappa shape index (κ2) is 3.52. The van der Waals surface area contributed by atoms with Crippen LogP contribution in [0.4, 0.5) is 13.2 Å². The number of halogens is 4. The minimum absolute atomic E-state index is 0.121. The highest BCUT2D eigenvalue weighted by atomic mass is 35.5. The number of phenolic OH excluding ortho intramolecular Hbond substituents is 1. The average molecular weight is 248 g/mol. The molecule has 6 heteroatoms. The highest BCUT2D eigenvalue weighted by Gasteiger charge is 2.34. The van der Waals surface area contributed by atoms with Crippen LogP contribution in [0, 0.1) is 0 Å². The Morgan fingerprint density at radius 2 is 1.88 bits per heavy atom. The van der Waals surface area contributed by atoms with Gasteiger partial charge in [0, 0.05) is 5.39 Å². The number of phenols is 1. The molecule has 0 aliphatic heterocycles. The maximum absolute atomic E-state index is 12.5. The third kappa shape index (κ3) is 1.90. The van der Waals surface area contributed by atoms with Gasteiger partial charge in [0.05, 0.1) is 11.1 Å². The highest BCUT2D eigenvalue weighted by Crippen LogP contribution is 2.35. The number of nitrogens with zero attached hydrogens (tertiary/aromatic N) is 1. The Morgan fingerprint density at radius 1 is 1.19 bits per heavy atom. The van der Waals surface area contributed by atoms with Crippen molar-refractivity contribution < 1.29 is 18.3 Å². The van der Waals surface area contributed by atoms with Gasteiger partial charge in [-0.1, -0.05) is 11.6 Å². The Bertz CT molecular complexity index is 553. The molecular formula is C10H5ClF3NO. The zero-order valence-electron chi connectivity index (χ0n) is 7.72. The topological polar surface area (TPSA) is 33.1 Å². The van der Waals surface area contributed by atoms with Gasteiger partial charge in [0.25, 0.3) is 0 Å². The van der Waals surface area contributed by atoms with Crippen molar-refractivity contribution in [3.63, 3.8) is 0 Å². The van der Waals surface area contributed by atoms with Gasteiger partial charge >= 0.3 is 6.18 Å². The number of benzene rings is 1. The van der Waals surface area contributed by atoms with Gasteiger partial charge in [-0.15, -0.1) is 0 Å². The smallest absolute Gasteiger partial charge is 0.419 e. The highest BCUT2D eigenvalue weighted by molar-refractivity contribution is 6.30. The predicted molar refractivity (Wildman–Crippen MR) is 53.4 cm³/mol. The molecule has 0 unspecified atom stereocenters. The molecule has 1 N–H and O–H groups in total.